The molecule has 20 heteroatoms. The number of carbonyl (C=O) groups is 4. The molecule has 1 aliphatic rings. The molecule has 1 saturated carbocycles. The molecular weight excluding hydrogens is 865 g/mol. The normalized spacial score (nSPS) is 12.8. The molecule has 7 rings (SSSR count). The van der Waals surface area contributed by atoms with Crippen molar-refractivity contribution in [1.82, 2.24) is 39.9 Å². The van der Waals surface area contributed by atoms with Gasteiger partial charge in [0.2, 0.25) is 11.8 Å². The zero-order chi connectivity index (χ0) is 46.3. The third kappa shape index (κ3) is 13.3. The molecule has 0 unspecified atom stereocenters. The van der Waals surface area contributed by atoms with Gasteiger partial charge in [0.05, 0.1) is 5.69 Å². The second-order valence-electron chi connectivity index (χ2n) is 18.1. The van der Waals surface area contributed by atoms with Crippen LogP contribution in [0.5, 0.6) is 0 Å². The number of carbonyl (C=O) groups excluding carboxylic acids is 4. The quantitative estimate of drug-likeness (QED) is 0.0431. The molecule has 0 aromatic carbocycles. The van der Waals surface area contributed by atoms with Gasteiger partial charge in [-0.2, -0.15) is 10.2 Å². The molecule has 6 aromatic heterocycles. The Morgan fingerprint density at radius 1 is 0.723 bits per heavy atom. The van der Waals surface area contributed by atoms with E-state index in [0.717, 1.165) is 51.5 Å². The molecule has 1 aliphatic carbocycles. The standard InChI is InChI=1S/C45H56N14O4S2/c1-26(2)59-37(23-32(58-59)44(3,4)5)53-41(63)55-43-49-25-31(65-43)12-8-27-15-18-46-34(20-27)50-38(60)14-17-45(6,7)33-22-36(57-56-33)52-40(62)54-42-48-24-30(64-42)13-9-28-16-19-47-35(21-28)51-39(61)29-10-11-29/h15-16,18-26,29H,8-14,17H2,1-7H3,(H,46,50,60)(H,47,51,61)(H2,49,53,55,63)(H3,48,52,54,56,57,62). The summed E-state index contributed by atoms with van der Waals surface area (Å²) in [5.41, 5.74) is 3.08. The van der Waals surface area contributed by atoms with Crippen molar-refractivity contribution in [3.63, 3.8) is 0 Å². The first-order valence-corrected chi connectivity index (χ1v) is 23.3. The molecule has 0 bridgehead atoms. The average molecular weight is 921 g/mol. The number of urea groups is 2. The molecule has 7 N–H and O–H groups in total. The number of anilines is 6. The summed E-state index contributed by atoms with van der Waals surface area (Å²) in [6, 6.07) is 10.5. The molecule has 0 spiro atoms. The second-order valence-corrected chi connectivity index (χ2v) is 20.3. The number of H-pyrrole nitrogens is 1. The van der Waals surface area contributed by atoms with Gasteiger partial charge in [0.15, 0.2) is 16.1 Å². The van der Waals surface area contributed by atoms with E-state index in [-0.39, 0.29) is 41.6 Å². The number of nitrogens with zero attached hydrogens (tertiary/aromatic N) is 7. The molecule has 0 aliphatic heterocycles. The van der Waals surface area contributed by atoms with Crippen molar-refractivity contribution >= 4 is 80.1 Å². The molecule has 1 fully saturated rings. The van der Waals surface area contributed by atoms with Crippen molar-refractivity contribution in [1.29, 1.82) is 0 Å². The minimum atomic E-state index is -0.476. The lowest BCUT2D eigenvalue weighted by atomic mass is 9.84. The van der Waals surface area contributed by atoms with Crippen molar-refractivity contribution in [3.8, 4) is 0 Å². The van der Waals surface area contributed by atoms with Crippen molar-refractivity contribution in [2.45, 2.75) is 117 Å². The molecule has 6 amide bonds. The summed E-state index contributed by atoms with van der Waals surface area (Å²) in [5.74, 6) is 1.95. The molecule has 0 radical (unpaired) electrons. The van der Waals surface area contributed by atoms with Crippen LogP contribution in [0.1, 0.15) is 112 Å². The van der Waals surface area contributed by atoms with Gasteiger partial charge in [-0.1, -0.05) is 34.6 Å². The van der Waals surface area contributed by atoms with Crippen LogP contribution >= 0.6 is 22.7 Å². The van der Waals surface area contributed by atoms with Gasteiger partial charge in [0.25, 0.3) is 0 Å². The number of hydrogen-bond donors (Lipinski definition) is 7. The maximum atomic E-state index is 13.1. The van der Waals surface area contributed by atoms with Crippen LogP contribution in [0.25, 0.3) is 0 Å². The lowest BCUT2D eigenvalue weighted by molar-refractivity contribution is -0.117. The van der Waals surface area contributed by atoms with Crippen LogP contribution in [-0.4, -0.2) is 63.8 Å². The molecule has 6 aromatic rings. The van der Waals surface area contributed by atoms with Gasteiger partial charge < -0.3 is 10.6 Å². The number of pyridine rings is 2. The second kappa shape index (κ2) is 20.1. The maximum absolute atomic E-state index is 13.1. The van der Waals surface area contributed by atoms with E-state index in [4.69, 9.17) is 5.10 Å². The summed E-state index contributed by atoms with van der Waals surface area (Å²) >= 11 is 2.80. The SMILES string of the molecule is CC(C)n1nc(C(C)(C)C)cc1NC(=O)Nc1ncc(CCc2ccnc(NC(=O)CCC(C)(C)c3cc(NC(=O)Nc4ncc(CCc5ccnc(NC(=O)C6CC6)c5)s4)n[nH]3)c2)s1. The molecule has 0 atom stereocenters. The zero-order valence-corrected chi connectivity index (χ0v) is 39.3. The average Bonchev–Trinajstić information content (AvgIpc) is 3.56. The van der Waals surface area contributed by atoms with Gasteiger partial charge in [-0.25, -0.2) is 34.2 Å². The van der Waals surface area contributed by atoms with Gasteiger partial charge in [-0.3, -0.25) is 36.0 Å². The summed E-state index contributed by atoms with van der Waals surface area (Å²) in [4.78, 5) is 70.3. The Balaban J connectivity index is 0.819. The van der Waals surface area contributed by atoms with E-state index >= 15 is 0 Å². The molecule has 0 saturated heterocycles. The fourth-order valence-corrected chi connectivity index (χ4v) is 8.32. The summed E-state index contributed by atoms with van der Waals surface area (Å²) in [5, 5.41) is 30.0. The maximum Gasteiger partial charge on any atom is 0.326 e. The minimum absolute atomic E-state index is 0.0242. The van der Waals surface area contributed by atoms with Crippen LogP contribution < -0.4 is 31.9 Å². The largest absolute Gasteiger partial charge is 0.326 e. The number of aromatic amines is 1. The third-order valence-electron chi connectivity index (χ3n) is 10.7. The highest BCUT2D eigenvalue weighted by Crippen LogP contribution is 2.31. The number of hydrogen-bond acceptors (Lipinski definition) is 12. The number of nitrogens with one attached hydrogen (secondary N) is 7. The Morgan fingerprint density at radius 3 is 1.88 bits per heavy atom. The topological polar surface area (TPSA) is 239 Å². The van der Waals surface area contributed by atoms with Crippen molar-refractivity contribution < 1.29 is 19.2 Å². The highest BCUT2D eigenvalue weighted by Gasteiger charge is 2.30. The van der Waals surface area contributed by atoms with Crippen molar-refractivity contribution in [3.05, 3.63) is 93.5 Å². The van der Waals surface area contributed by atoms with Gasteiger partial charge in [-0.05, 0) is 94.2 Å². The highest BCUT2D eigenvalue weighted by atomic mass is 32.1. The smallest absolute Gasteiger partial charge is 0.311 e. The van der Waals surface area contributed by atoms with E-state index in [1.807, 2.05) is 62.7 Å². The summed E-state index contributed by atoms with van der Waals surface area (Å²) in [6.07, 6.45) is 12.3. The van der Waals surface area contributed by atoms with Crippen LogP contribution in [0.3, 0.4) is 0 Å². The fraction of sp³-hybridized carbons (Fsp3) is 0.422. The Kier molecular flexibility index (Phi) is 14.4. The predicted molar refractivity (Wildman–Crippen MR) is 255 cm³/mol. The summed E-state index contributed by atoms with van der Waals surface area (Å²) in [6.45, 7) is 14.3. The van der Waals surface area contributed by atoms with E-state index in [1.54, 1.807) is 30.9 Å². The van der Waals surface area contributed by atoms with Gasteiger partial charge in [0.1, 0.15) is 17.5 Å². The molecule has 65 heavy (non-hydrogen) atoms. The van der Waals surface area contributed by atoms with E-state index in [9.17, 15) is 19.2 Å². The molecule has 342 valence electrons. The number of amides is 6. The monoisotopic (exact) mass is 920 g/mol. The summed E-state index contributed by atoms with van der Waals surface area (Å²) < 4.78 is 1.81. The third-order valence-corrected chi connectivity index (χ3v) is 12.7. The number of aromatic nitrogens is 8. The number of thiazole rings is 2. The molecular formula is C45H56N14O4S2. The van der Waals surface area contributed by atoms with E-state index in [1.165, 1.54) is 22.7 Å². The highest BCUT2D eigenvalue weighted by molar-refractivity contribution is 7.16. The predicted octanol–water partition coefficient (Wildman–Crippen LogP) is 9.09. The Hall–Kier alpha value is -6.54. The van der Waals surface area contributed by atoms with Gasteiger partial charge in [0, 0.05) is 81.6 Å². The first-order chi connectivity index (χ1) is 30.9. The lowest BCUT2D eigenvalue weighted by Gasteiger charge is -2.22. The van der Waals surface area contributed by atoms with E-state index < -0.39 is 11.4 Å². The van der Waals surface area contributed by atoms with Gasteiger partial charge >= 0.3 is 12.1 Å². The van der Waals surface area contributed by atoms with Crippen LogP contribution in [0.2, 0.25) is 0 Å². The van der Waals surface area contributed by atoms with Gasteiger partial charge in [-0.15, -0.1) is 22.7 Å². The van der Waals surface area contributed by atoms with Crippen LogP contribution in [0.15, 0.2) is 61.2 Å². The Labute approximate surface area is 385 Å². The van der Waals surface area contributed by atoms with Crippen molar-refractivity contribution in [2.75, 3.05) is 31.9 Å². The number of aryl methyl sites for hydroxylation is 4. The summed E-state index contributed by atoms with van der Waals surface area (Å²) in [7, 11) is 0. The Morgan fingerprint density at radius 2 is 1.31 bits per heavy atom. The molecule has 18 nitrogen and oxygen atoms in total. The van der Waals surface area contributed by atoms with E-state index in [0.29, 0.717) is 59.2 Å². The van der Waals surface area contributed by atoms with E-state index in [2.05, 4.69) is 82.8 Å². The van der Waals surface area contributed by atoms with Crippen LogP contribution in [0.4, 0.5) is 43.1 Å². The molecule has 6 heterocycles. The minimum Gasteiger partial charge on any atom is -0.311 e. The number of rotatable bonds is 18. The zero-order valence-electron chi connectivity index (χ0n) is 37.7. The first-order valence-electron chi connectivity index (χ1n) is 21.7. The fourth-order valence-electron chi connectivity index (χ4n) is 6.70. The lowest BCUT2D eigenvalue weighted by Crippen LogP contribution is -2.22. The van der Waals surface area contributed by atoms with Crippen LogP contribution in [0, 0.1) is 5.92 Å². The Bertz CT molecular complexity index is 2630. The van der Waals surface area contributed by atoms with Crippen molar-refractivity contribution in [2.24, 2.45) is 5.92 Å². The van der Waals surface area contributed by atoms with Crippen LogP contribution in [-0.2, 0) is 46.1 Å². The first kappa shape index (κ1) is 46.5.